The highest BCUT2D eigenvalue weighted by atomic mass is 16.6. The van der Waals surface area contributed by atoms with Crippen molar-refractivity contribution in [3.63, 3.8) is 0 Å². The van der Waals surface area contributed by atoms with Gasteiger partial charge in [-0.3, -0.25) is 4.90 Å². The molecule has 0 amide bonds. The molecule has 0 aliphatic carbocycles. The number of rotatable bonds is 4. The fourth-order valence-corrected chi connectivity index (χ4v) is 2.74. The zero-order chi connectivity index (χ0) is 16.2. The molecule has 0 radical (unpaired) electrons. The Morgan fingerprint density at radius 1 is 1.35 bits per heavy atom. The summed E-state index contributed by atoms with van der Waals surface area (Å²) in [7, 11) is 1.37. The van der Waals surface area contributed by atoms with Gasteiger partial charge in [0.25, 0.3) is 0 Å². The van der Waals surface area contributed by atoms with E-state index < -0.39 is 6.10 Å². The number of hydrogen-bond donors (Lipinski definition) is 0. The van der Waals surface area contributed by atoms with Gasteiger partial charge in [-0.2, -0.15) is 0 Å². The number of carbonyl (C=O) groups is 1. The first-order valence-corrected chi connectivity index (χ1v) is 7.61. The molecule has 1 saturated heterocycles. The van der Waals surface area contributed by atoms with Gasteiger partial charge in [0.2, 0.25) is 5.89 Å². The molecule has 3 rings (SSSR count). The maximum absolute atomic E-state index is 11.7. The third kappa shape index (κ3) is 3.78. The first kappa shape index (κ1) is 15.7. The van der Waals surface area contributed by atoms with Crippen molar-refractivity contribution in [1.29, 1.82) is 0 Å². The average molecular weight is 316 g/mol. The number of nitrogens with zero attached hydrogens (tertiary/aromatic N) is 2. The molecule has 0 saturated carbocycles. The molecular formula is C17H20N2O4. The number of ether oxygens (including phenoxy) is 2. The highest BCUT2D eigenvalue weighted by Gasteiger charge is 2.31. The van der Waals surface area contributed by atoms with Crippen molar-refractivity contribution in [2.75, 3.05) is 20.2 Å². The molecular weight excluding hydrogens is 296 g/mol. The monoisotopic (exact) mass is 316 g/mol. The fourth-order valence-electron chi connectivity index (χ4n) is 2.74. The molecule has 6 heteroatoms. The van der Waals surface area contributed by atoms with Gasteiger partial charge >= 0.3 is 5.97 Å². The Hall–Kier alpha value is -2.18. The first-order chi connectivity index (χ1) is 11.2. The van der Waals surface area contributed by atoms with E-state index in [1.165, 1.54) is 7.11 Å². The molecule has 23 heavy (non-hydrogen) atoms. The number of oxazole rings is 1. The number of morpholine rings is 1. The van der Waals surface area contributed by atoms with Crippen molar-refractivity contribution in [2.45, 2.75) is 25.7 Å². The van der Waals surface area contributed by atoms with E-state index in [0.29, 0.717) is 19.0 Å². The van der Waals surface area contributed by atoms with Crippen LogP contribution in [0.2, 0.25) is 0 Å². The number of hydrogen-bond acceptors (Lipinski definition) is 6. The molecule has 1 unspecified atom stereocenters. The molecule has 6 nitrogen and oxygen atoms in total. The number of aromatic nitrogens is 1. The summed E-state index contributed by atoms with van der Waals surface area (Å²) >= 11 is 0. The zero-order valence-corrected chi connectivity index (χ0v) is 13.3. The second kappa shape index (κ2) is 6.93. The molecule has 1 aromatic heterocycles. The molecule has 2 aromatic rings. The summed E-state index contributed by atoms with van der Waals surface area (Å²) in [6.45, 7) is 3.66. The maximum Gasteiger partial charge on any atom is 0.336 e. The molecule has 0 N–H and O–H groups in total. The highest BCUT2D eigenvalue weighted by Crippen LogP contribution is 2.21. The van der Waals surface area contributed by atoms with Gasteiger partial charge in [-0.05, 0) is 6.92 Å². The average Bonchev–Trinajstić information content (AvgIpc) is 3.03. The minimum atomic E-state index is -0.563. The third-order valence-corrected chi connectivity index (χ3v) is 3.77. The summed E-state index contributed by atoms with van der Waals surface area (Å²) in [5.74, 6) is 1.02. The number of esters is 1. The van der Waals surface area contributed by atoms with E-state index in [4.69, 9.17) is 13.9 Å². The zero-order valence-electron chi connectivity index (χ0n) is 13.3. The van der Waals surface area contributed by atoms with Crippen molar-refractivity contribution in [3.05, 3.63) is 42.4 Å². The molecule has 2 atom stereocenters. The van der Waals surface area contributed by atoms with Crippen LogP contribution >= 0.6 is 0 Å². The number of benzene rings is 1. The SMILES string of the molecule is COC(=O)C1CN(Cc2ncc(-c3ccccc3)o2)C[C@@H](C)O1. The molecule has 1 fully saturated rings. The van der Waals surface area contributed by atoms with E-state index in [1.807, 2.05) is 37.3 Å². The Balaban J connectivity index is 1.67. The van der Waals surface area contributed by atoms with Crippen LogP contribution in [0.4, 0.5) is 0 Å². The van der Waals surface area contributed by atoms with Gasteiger partial charge < -0.3 is 13.9 Å². The second-order valence-electron chi connectivity index (χ2n) is 5.64. The quantitative estimate of drug-likeness (QED) is 0.805. The molecule has 1 aliphatic heterocycles. The van der Waals surface area contributed by atoms with E-state index >= 15 is 0 Å². The highest BCUT2D eigenvalue weighted by molar-refractivity contribution is 5.75. The summed E-state index contributed by atoms with van der Waals surface area (Å²) in [6, 6.07) is 9.84. The Morgan fingerprint density at radius 2 is 2.13 bits per heavy atom. The van der Waals surface area contributed by atoms with Crippen LogP contribution in [0.3, 0.4) is 0 Å². The minimum absolute atomic E-state index is 0.0450. The third-order valence-electron chi connectivity index (χ3n) is 3.77. The number of methoxy groups -OCH3 is 1. The van der Waals surface area contributed by atoms with Crippen LogP contribution in [0.5, 0.6) is 0 Å². The Labute approximate surface area is 135 Å². The van der Waals surface area contributed by atoms with Gasteiger partial charge in [-0.25, -0.2) is 9.78 Å². The van der Waals surface area contributed by atoms with Crippen molar-refractivity contribution in [3.8, 4) is 11.3 Å². The molecule has 0 spiro atoms. The van der Waals surface area contributed by atoms with Crippen molar-refractivity contribution in [1.82, 2.24) is 9.88 Å². The molecule has 2 heterocycles. The van der Waals surface area contributed by atoms with Gasteiger partial charge in [0.05, 0.1) is 26.0 Å². The second-order valence-corrected chi connectivity index (χ2v) is 5.64. The van der Waals surface area contributed by atoms with Gasteiger partial charge in [0.1, 0.15) is 0 Å². The van der Waals surface area contributed by atoms with Crippen molar-refractivity contribution >= 4 is 5.97 Å². The lowest BCUT2D eigenvalue weighted by Gasteiger charge is -2.34. The molecule has 122 valence electrons. The smallest absolute Gasteiger partial charge is 0.336 e. The van der Waals surface area contributed by atoms with Crippen molar-refractivity contribution < 1.29 is 18.7 Å². The van der Waals surface area contributed by atoms with Crippen LogP contribution in [-0.2, 0) is 20.8 Å². The van der Waals surface area contributed by atoms with Gasteiger partial charge in [-0.15, -0.1) is 0 Å². The Morgan fingerprint density at radius 3 is 2.87 bits per heavy atom. The Bertz CT molecular complexity index is 656. The van der Waals surface area contributed by atoms with Gasteiger partial charge in [0, 0.05) is 18.7 Å². The summed E-state index contributed by atoms with van der Waals surface area (Å²) in [5, 5.41) is 0. The maximum atomic E-state index is 11.7. The largest absolute Gasteiger partial charge is 0.467 e. The minimum Gasteiger partial charge on any atom is -0.467 e. The number of carbonyl (C=O) groups excluding carboxylic acids is 1. The Kier molecular flexibility index (Phi) is 4.73. The van der Waals surface area contributed by atoms with Crippen LogP contribution in [0.15, 0.2) is 40.9 Å². The van der Waals surface area contributed by atoms with E-state index in [1.54, 1.807) is 6.20 Å². The van der Waals surface area contributed by atoms with E-state index in [2.05, 4.69) is 9.88 Å². The van der Waals surface area contributed by atoms with Crippen LogP contribution in [0.1, 0.15) is 12.8 Å². The van der Waals surface area contributed by atoms with E-state index in [-0.39, 0.29) is 12.1 Å². The fraction of sp³-hybridized carbons (Fsp3) is 0.412. The molecule has 0 bridgehead atoms. The lowest BCUT2D eigenvalue weighted by atomic mass is 10.2. The normalized spacial score (nSPS) is 22.0. The summed E-state index contributed by atoms with van der Waals surface area (Å²) in [4.78, 5) is 18.1. The van der Waals surface area contributed by atoms with Crippen LogP contribution in [0, 0.1) is 0 Å². The van der Waals surface area contributed by atoms with Crippen LogP contribution in [0.25, 0.3) is 11.3 Å². The first-order valence-electron chi connectivity index (χ1n) is 7.61. The topological polar surface area (TPSA) is 64.8 Å². The predicted molar refractivity (Wildman–Crippen MR) is 83.6 cm³/mol. The standard InChI is InChI=1S/C17H20N2O4/c1-12-9-19(10-15(22-12)17(20)21-2)11-16-18-8-14(23-16)13-6-4-3-5-7-13/h3-8,12,15H,9-11H2,1-2H3/t12-,15?/m1/s1. The van der Waals surface area contributed by atoms with E-state index in [9.17, 15) is 4.79 Å². The molecule has 1 aliphatic rings. The summed E-state index contributed by atoms with van der Waals surface area (Å²) < 4.78 is 16.2. The van der Waals surface area contributed by atoms with Crippen LogP contribution in [-0.4, -0.2) is 48.3 Å². The van der Waals surface area contributed by atoms with E-state index in [0.717, 1.165) is 17.9 Å². The molecule has 1 aromatic carbocycles. The lowest BCUT2D eigenvalue weighted by molar-refractivity contribution is -0.166. The van der Waals surface area contributed by atoms with Crippen LogP contribution < -0.4 is 0 Å². The van der Waals surface area contributed by atoms with Crippen molar-refractivity contribution in [2.24, 2.45) is 0 Å². The van der Waals surface area contributed by atoms with Gasteiger partial charge in [0.15, 0.2) is 11.9 Å². The summed E-state index contributed by atoms with van der Waals surface area (Å²) in [6.07, 6.45) is 1.12. The summed E-state index contributed by atoms with van der Waals surface area (Å²) in [5.41, 5.74) is 0.994. The predicted octanol–water partition coefficient (Wildman–Crippen LogP) is 2.10. The lowest BCUT2D eigenvalue weighted by Crippen LogP contribution is -2.49. The van der Waals surface area contributed by atoms with Gasteiger partial charge in [-0.1, -0.05) is 30.3 Å².